The van der Waals surface area contributed by atoms with Crippen LogP contribution in [0.1, 0.15) is 75.6 Å². The van der Waals surface area contributed by atoms with E-state index in [1.807, 2.05) is 27.7 Å². The zero-order valence-electron chi connectivity index (χ0n) is 16.0. The lowest BCUT2D eigenvalue weighted by Crippen LogP contribution is -2.25. The summed E-state index contributed by atoms with van der Waals surface area (Å²) in [5, 5.41) is 14.9. The third kappa shape index (κ3) is 13.5. The lowest BCUT2D eigenvalue weighted by Gasteiger charge is -2.25. The normalized spacial score (nSPS) is 23.5. The van der Waals surface area contributed by atoms with E-state index in [-0.39, 0.29) is 6.90 Å². The van der Waals surface area contributed by atoms with Gasteiger partial charge in [-0.3, -0.25) is 5.26 Å². The van der Waals surface area contributed by atoms with E-state index < -0.39 is 5.60 Å². The lowest BCUT2D eigenvalue weighted by atomic mass is 9.80. The highest BCUT2D eigenvalue weighted by molar-refractivity contribution is 4.89. The van der Waals surface area contributed by atoms with Gasteiger partial charge in [-0.1, -0.05) is 27.7 Å². The third-order valence-corrected chi connectivity index (χ3v) is 3.50. The molecule has 5 heteroatoms. The molecule has 2 aliphatic heterocycles. The van der Waals surface area contributed by atoms with Crippen LogP contribution in [0.15, 0.2) is 0 Å². The Balaban J connectivity index is -0.000000132. The van der Waals surface area contributed by atoms with Gasteiger partial charge in [-0.25, -0.2) is 4.89 Å². The fraction of sp³-hybridized carbons (Fsp3) is 1.00. The van der Waals surface area contributed by atoms with Crippen LogP contribution in [0.25, 0.3) is 0 Å². The summed E-state index contributed by atoms with van der Waals surface area (Å²) in [4.78, 5) is 3.94. The van der Waals surface area contributed by atoms with Gasteiger partial charge in [0.15, 0.2) is 0 Å². The van der Waals surface area contributed by atoms with Crippen LogP contribution in [0.3, 0.4) is 0 Å². The Morgan fingerprint density at radius 3 is 1.77 bits per heavy atom. The molecule has 2 aliphatic rings. The fourth-order valence-corrected chi connectivity index (χ4v) is 2.41. The molecule has 5 N–H and O–H groups in total. The van der Waals surface area contributed by atoms with E-state index in [1.54, 1.807) is 20.8 Å². The molecule has 22 heavy (non-hydrogen) atoms. The molecule has 1 spiro atoms. The first kappa shape index (κ1) is 26.7. The van der Waals surface area contributed by atoms with Crippen LogP contribution in [0.2, 0.25) is 0 Å². The van der Waals surface area contributed by atoms with Crippen molar-refractivity contribution in [3.05, 3.63) is 0 Å². The molecule has 0 saturated carbocycles. The van der Waals surface area contributed by atoms with Crippen molar-refractivity contribution >= 4 is 0 Å². The molecule has 2 fully saturated rings. The van der Waals surface area contributed by atoms with Crippen LogP contribution >= 0.6 is 0 Å². The zero-order valence-corrected chi connectivity index (χ0v) is 16.0. The van der Waals surface area contributed by atoms with Crippen LogP contribution in [0, 0.1) is 5.41 Å². The summed E-state index contributed by atoms with van der Waals surface area (Å²) in [7, 11) is 0. The minimum absolute atomic E-state index is 0. The topological polar surface area (TPSA) is 85.0 Å². The second-order valence-electron chi connectivity index (χ2n) is 6.23. The molecule has 0 radical (unpaired) electrons. The quantitative estimate of drug-likeness (QED) is 0.470. The van der Waals surface area contributed by atoms with Gasteiger partial charge in [-0.15, -0.1) is 0 Å². The average Bonchev–Trinajstić information content (AvgIpc) is 2.82. The molecule has 0 aromatic heterocycles. The SMILES string of the molecule is C1CNCCC2(C1)CCNC2.CC.CC.CC(C)(C)OO.O.[HH]. The van der Waals surface area contributed by atoms with Crippen LogP contribution < -0.4 is 10.6 Å². The van der Waals surface area contributed by atoms with Crippen molar-refractivity contribution in [2.24, 2.45) is 5.41 Å². The van der Waals surface area contributed by atoms with E-state index in [0.717, 1.165) is 0 Å². The van der Waals surface area contributed by atoms with Crippen LogP contribution in [-0.4, -0.2) is 42.5 Å². The van der Waals surface area contributed by atoms with E-state index >= 15 is 0 Å². The van der Waals surface area contributed by atoms with Gasteiger partial charge in [0.1, 0.15) is 0 Å². The van der Waals surface area contributed by atoms with Gasteiger partial charge in [-0.2, -0.15) is 0 Å². The molecule has 0 aromatic rings. The predicted molar refractivity (Wildman–Crippen MR) is 98.5 cm³/mol. The summed E-state index contributed by atoms with van der Waals surface area (Å²) in [5.41, 5.74) is 0.281. The summed E-state index contributed by atoms with van der Waals surface area (Å²) < 4.78 is 0. The minimum Gasteiger partial charge on any atom is -0.412 e. The maximum atomic E-state index is 7.90. The van der Waals surface area contributed by atoms with Gasteiger partial charge in [0, 0.05) is 7.97 Å². The van der Waals surface area contributed by atoms with E-state index in [0.29, 0.717) is 5.41 Å². The predicted octanol–water partition coefficient (Wildman–Crippen LogP) is 3.49. The van der Waals surface area contributed by atoms with Crippen molar-refractivity contribution in [1.82, 2.24) is 10.6 Å². The number of hydrogen-bond donors (Lipinski definition) is 3. The van der Waals surface area contributed by atoms with Crippen LogP contribution in [0.4, 0.5) is 0 Å². The first-order valence-electron chi connectivity index (χ1n) is 8.72. The van der Waals surface area contributed by atoms with Crippen molar-refractivity contribution in [2.45, 2.75) is 79.8 Å². The summed E-state index contributed by atoms with van der Waals surface area (Å²) >= 11 is 0. The highest BCUT2D eigenvalue weighted by Crippen LogP contribution is 2.35. The Bertz CT molecular complexity index is 208. The molecule has 0 aliphatic carbocycles. The van der Waals surface area contributed by atoms with E-state index in [1.165, 1.54) is 51.9 Å². The molecule has 1 unspecified atom stereocenters. The van der Waals surface area contributed by atoms with E-state index in [9.17, 15) is 0 Å². The molecule has 0 aromatic carbocycles. The van der Waals surface area contributed by atoms with Crippen molar-refractivity contribution in [3.63, 3.8) is 0 Å². The number of hydrogen-bond acceptors (Lipinski definition) is 4. The zero-order chi connectivity index (χ0) is 16.8. The Labute approximate surface area is 139 Å². The molecule has 0 bridgehead atoms. The standard InChI is InChI=1S/C9H18N2.C4H10O2.2C2H6.H2O.H2/c1-2-9(3-6-10-5-1)4-7-11-8-9;1-4(2,3)6-5;2*1-2;;/h10-11H,1-8H2;5H,1-3H3;2*1-2H3;1H2;1H. The molecule has 140 valence electrons. The second-order valence-corrected chi connectivity index (χ2v) is 6.23. The summed E-state index contributed by atoms with van der Waals surface area (Å²) in [5.74, 6) is 0. The molecule has 1 atom stereocenters. The Hall–Kier alpha value is -0.200. The maximum Gasteiger partial charge on any atom is 0.0949 e. The highest BCUT2D eigenvalue weighted by Gasteiger charge is 2.33. The summed E-state index contributed by atoms with van der Waals surface area (Å²) in [6.45, 7) is 18.3. The van der Waals surface area contributed by atoms with E-state index in [2.05, 4.69) is 15.5 Å². The van der Waals surface area contributed by atoms with Crippen molar-refractivity contribution in [2.75, 3.05) is 26.2 Å². The summed E-state index contributed by atoms with van der Waals surface area (Å²) in [6, 6.07) is 0. The van der Waals surface area contributed by atoms with Gasteiger partial charge in [0.2, 0.25) is 0 Å². The fourth-order valence-electron chi connectivity index (χ4n) is 2.41. The smallest absolute Gasteiger partial charge is 0.0949 e. The second kappa shape index (κ2) is 15.7. The summed E-state index contributed by atoms with van der Waals surface area (Å²) in [6.07, 6.45) is 5.61. The monoisotopic (exact) mass is 324 g/mol. The maximum absolute atomic E-state index is 7.90. The van der Waals surface area contributed by atoms with E-state index in [4.69, 9.17) is 5.26 Å². The molecular formula is C17H44N2O3. The lowest BCUT2D eigenvalue weighted by molar-refractivity contribution is -0.306. The van der Waals surface area contributed by atoms with Crippen molar-refractivity contribution < 1.29 is 17.0 Å². The third-order valence-electron chi connectivity index (χ3n) is 3.50. The van der Waals surface area contributed by atoms with Gasteiger partial charge in [-0.05, 0) is 71.5 Å². The average molecular weight is 325 g/mol. The molecule has 5 nitrogen and oxygen atoms in total. The van der Waals surface area contributed by atoms with Crippen molar-refractivity contribution in [1.29, 1.82) is 0 Å². The van der Waals surface area contributed by atoms with Gasteiger partial charge < -0.3 is 16.1 Å². The minimum atomic E-state index is -0.403. The first-order chi connectivity index (χ1) is 9.97. The largest absolute Gasteiger partial charge is 0.412 e. The number of rotatable bonds is 0. The Morgan fingerprint density at radius 1 is 0.909 bits per heavy atom. The molecule has 0 amide bonds. The Morgan fingerprint density at radius 2 is 1.36 bits per heavy atom. The highest BCUT2D eigenvalue weighted by atomic mass is 17.1. The first-order valence-corrected chi connectivity index (χ1v) is 8.72. The van der Waals surface area contributed by atoms with Crippen LogP contribution in [-0.2, 0) is 4.89 Å². The molecule has 2 rings (SSSR count). The number of nitrogens with one attached hydrogen (secondary N) is 2. The molecule has 2 saturated heterocycles. The van der Waals surface area contributed by atoms with Gasteiger partial charge >= 0.3 is 0 Å². The Kier molecular flexibility index (Phi) is 19.0. The van der Waals surface area contributed by atoms with Gasteiger partial charge in [0.05, 0.1) is 5.60 Å². The van der Waals surface area contributed by atoms with Gasteiger partial charge in [0.25, 0.3) is 0 Å². The van der Waals surface area contributed by atoms with Crippen molar-refractivity contribution in [3.8, 4) is 0 Å². The van der Waals surface area contributed by atoms with Crippen LogP contribution in [0.5, 0.6) is 0 Å². The molecular weight excluding hydrogens is 280 g/mol. The molecule has 2 heterocycles.